The summed E-state index contributed by atoms with van der Waals surface area (Å²) in [7, 11) is 0. The maximum Gasteiger partial charge on any atom is 0.418 e. The number of amides is 2. The summed E-state index contributed by atoms with van der Waals surface area (Å²) in [5, 5.41) is 2.81. The third-order valence-corrected chi connectivity index (χ3v) is 7.17. The van der Waals surface area contributed by atoms with Gasteiger partial charge in [0.25, 0.3) is 5.91 Å². The van der Waals surface area contributed by atoms with Gasteiger partial charge in [-0.2, -0.15) is 13.2 Å². The van der Waals surface area contributed by atoms with Crippen molar-refractivity contribution in [2.45, 2.75) is 39.0 Å². The van der Waals surface area contributed by atoms with Crippen molar-refractivity contribution in [3.8, 4) is 22.3 Å². The van der Waals surface area contributed by atoms with Crippen molar-refractivity contribution in [1.82, 2.24) is 15.2 Å². The van der Waals surface area contributed by atoms with Gasteiger partial charge in [-0.15, -0.1) is 0 Å². The lowest BCUT2D eigenvalue weighted by molar-refractivity contribution is -0.137. The van der Waals surface area contributed by atoms with Crippen LogP contribution in [0.4, 0.5) is 29.5 Å². The molecular weight excluding hydrogens is 535 g/mol. The number of nitrogens with two attached hydrogens (primary N) is 1. The molecule has 2 amide bonds. The van der Waals surface area contributed by atoms with Crippen molar-refractivity contribution < 1.29 is 27.5 Å². The Morgan fingerprint density at radius 3 is 2.34 bits per heavy atom. The minimum absolute atomic E-state index is 0.0571. The van der Waals surface area contributed by atoms with Crippen LogP contribution in [0.15, 0.2) is 48.7 Å². The highest BCUT2D eigenvalue weighted by atomic mass is 19.4. The summed E-state index contributed by atoms with van der Waals surface area (Å²) < 4.78 is 48.3. The SMILES string of the molecule is CC(C)(C)OC(=O)N1CCN(c2ccc(-c3cnc(N)c(-c4ccc5c(c4)CCNC5=O)c3)cc2C(F)(F)F)CC1. The number of carbonyl (C=O) groups is 2. The van der Waals surface area contributed by atoms with Crippen molar-refractivity contribution in [3.05, 3.63) is 65.4 Å². The molecule has 1 fully saturated rings. The Kier molecular flexibility index (Phi) is 7.31. The monoisotopic (exact) mass is 567 g/mol. The van der Waals surface area contributed by atoms with Crippen LogP contribution in [0.3, 0.4) is 0 Å². The summed E-state index contributed by atoms with van der Waals surface area (Å²) in [6, 6.07) is 11.3. The number of nitrogen functional groups attached to an aromatic ring is 1. The van der Waals surface area contributed by atoms with E-state index in [1.54, 1.807) is 49.9 Å². The smallest absolute Gasteiger partial charge is 0.418 e. The fourth-order valence-corrected chi connectivity index (χ4v) is 5.13. The van der Waals surface area contributed by atoms with Gasteiger partial charge in [0.1, 0.15) is 11.4 Å². The molecule has 0 aliphatic carbocycles. The van der Waals surface area contributed by atoms with Crippen LogP contribution in [-0.4, -0.2) is 60.2 Å². The van der Waals surface area contributed by atoms with Gasteiger partial charge in [-0.3, -0.25) is 4.79 Å². The van der Waals surface area contributed by atoms with Crippen LogP contribution >= 0.6 is 0 Å². The Morgan fingerprint density at radius 1 is 0.951 bits per heavy atom. The zero-order chi connectivity index (χ0) is 29.5. The Bertz CT molecular complexity index is 1490. The number of piperazine rings is 1. The Balaban J connectivity index is 1.42. The number of pyridine rings is 1. The number of hydrogen-bond donors (Lipinski definition) is 2. The highest BCUT2D eigenvalue weighted by Crippen LogP contribution is 2.40. The number of fused-ring (bicyclic) bond motifs is 1. The predicted octanol–water partition coefficient (Wildman–Crippen LogP) is 5.36. The van der Waals surface area contributed by atoms with E-state index in [1.165, 1.54) is 17.2 Å². The average Bonchev–Trinajstić information content (AvgIpc) is 2.92. The molecule has 8 nitrogen and oxygen atoms in total. The molecule has 2 aromatic carbocycles. The Labute approximate surface area is 236 Å². The number of hydrogen-bond acceptors (Lipinski definition) is 6. The van der Waals surface area contributed by atoms with Crippen molar-refractivity contribution in [2.24, 2.45) is 0 Å². The van der Waals surface area contributed by atoms with E-state index in [4.69, 9.17) is 10.5 Å². The fraction of sp³-hybridized carbons (Fsp3) is 0.367. The number of rotatable bonds is 3. The first kappa shape index (κ1) is 28.3. The second-order valence-electron chi connectivity index (χ2n) is 11.2. The molecule has 3 heterocycles. The maximum absolute atomic E-state index is 14.3. The zero-order valence-corrected chi connectivity index (χ0v) is 23.1. The van der Waals surface area contributed by atoms with E-state index in [9.17, 15) is 22.8 Å². The van der Waals surface area contributed by atoms with Crippen molar-refractivity contribution in [2.75, 3.05) is 43.4 Å². The van der Waals surface area contributed by atoms with Gasteiger partial charge in [-0.05, 0) is 68.1 Å². The molecule has 1 saturated heterocycles. The number of halogens is 3. The number of nitrogens with one attached hydrogen (secondary N) is 1. The average molecular weight is 568 g/mol. The molecule has 2 aliphatic rings. The van der Waals surface area contributed by atoms with E-state index in [0.717, 1.165) is 17.2 Å². The highest BCUT2D eigenvalue weighted by molar-refractivity contribution is 5.97. The van der Waals surface area contributed by atoms with Gasteiger partial charge in [0.05, 0.1) is 5.56 Å². The summed E-state index contributed by atoms with van der Waals surface area (Å²) in [6.45, 7) is 6.83. The van der Waals surface area contributed by atoms with Crippen LogP contribution in [0.5, 0.6) is 0 Å². The molecule has 0 atom stereocenters. The summed E-state index contributed by atoms with van der Waals surface area (Å²) >= 11 is 0. The van der Waals surface area contributed by atoms with Gasteiger partial charge in [0.15, 0.2) is 0 Å². The van der Waals surface area contributed by atoms with Crippen LogP contribution in [0.1, 0.15) is 42.3 Å². The number of ether oxygens (including phenoxy) is 1. The van der Waals surface area contributed by atoms with Crippen molar-refractivity contribution in [3.63, 3.8) is 0 Å². The third kappa shape index (κ3) is 6.08. The number of anilines is 2. The Hall–Kier alpha value is -4.28. The number of aromatic nitrogens is 1. The van der Waals surface area contributed by atoms with Crippen LogP contribution in [0.2, 0.25) is 0 Å². The van der Waals surface area contributed by atoms with E-state index in [1.807, 2.05) is 6.07 Å². The number of benzene rings is 2. The minimum Gasteiger partial charge on any atom is -0.444 e. The minimum atomic E-state index is -4.60. The molecule has 0 unspecified atom stereocenters. The first-order valence-corrected chi connectivity index (χ1v) is 13.4. The molecule has 216 valence electrons. The first-order valence-electron chi connectivity index (χ1n) is 13.4. The van der Waals surface area contributed by atoms with E-state index >= 15 is 0 Å². The van der Waals surface area contributed by atoms with Crippen LogP contribution < -0.4 is 16.0 Å². The summed E-state index contributed by atoms with van der Waals surface area (Å²) in [5.74, 6) is 0.105. The topological polar surface area (TPSA) is 101 Å². The maximum atomic E-state index is 14.3. The molecule has 5 rings (SSSR count). The predicted molar refractivity (Wildman–Crippen MR) is 151 cm³/mol. The molecule has 11 heteroatoms. The van der Waals surface area contributed by atoms with Crippen LogP contribution in [0, 0.1) is 0 Å². The first-order chi connectivity index (χ1) is 19.3. The molecule has 3 N–H and O–H groups in total. The molecule has 1 aromatic heterocycles. The van der Waals surface area contributed by atoms with Gasteiger partial charge in [-0.25, -0.2) is 9.78 Å². The normalized spacial score (nSPS) is 15.8. The molecule has 41 heavy (non-hydrogen) atoms. The molecule has 3 aromatic rings. The van der Waals surface area contributed by atoms with Gasteiger partial charge in [0.2, 0.25) is 0 Å². The van der Waals surface area contributed by atoms with Gasteiger partial charge < -0.3 is 25.6 Å². The van der Waals surface area contributed by atoms with E-state index in [2.05, 4.69) is 10.3 Å². The lowest BCUT2D eigenvalue weighted by Crippen LogP contribution is -2.50. The lowest BCUT2D eigenvalue weighted by Gasteiger charge is -2.37. The molecule has 0 saturated carbocycles. The van der Waals surface area contributed by atoms with Crippen LogP contribution in [-0.2, 0) is 17.3 Å². The molecule has 0 spiro atoms. The summed E-state index contributed by atoms with van der Waals surface area (Å²) in [4.78, 5) is 31.9. The lowest BCUT2D eigenvalue weighted by atomic mass is 9.93. The molecule has 0 bridgehead atoms. The van der Waals surface area contributed by atoms with E-state index < -0.39 is 23.4 Å². The molecule has 2 aliphatic heterocycles. The van der Waals surface area contributed by atoms with Gasteiger partial charge in [-0.1, -0.05) is 18.2 Å². The van der Waals surface area contributed by atoms with Gasteiger partial charge in [0, 0.05) is 61.3 Å². The summed E-state index contributed by atoms with van der Waals surface area (Å²) in [6.07, 6.45) is -2.95. The second kappa shape index (κ2) is 10.6. The number of nitrogens with zero attached hydrogens (tertiary/aromatic N) is 3. The third-order valence-electron chi connectivity index (χ3n) is 7.17. The number of carbonyl (C=O) groups excluding carboxylic acids is 2. The summed E-state index contributed by atoms with van der Waals surface area (Å²) in [5.41, 5.74) is 8.44. The molecular formula is C30H32F3N5O3. The standard InChI is InChI=1S/C30H32F3N5O3/c1-29(2,3)41-28(40)38-12-10-37(11-13-38)25-7-5-18(16-24(25)30(31,32)33)21-15-23(26(34)36-17-21)19-4-6-22-20(14-19)8-9-35-27(22)39/h4-7,14-17H,8-13H2,1-3H3,(H2,34,36)(H,35,39). The molecule has 0 radical (unpaired) electrons. The highest BCUT2D eigenvalue weighted by Gasteiger charge is 2.36. The number of alkyl halides is 3. The second-order valence-corrected chi connectivity index (χ2v) is 11.2. The van der Waals surface area contributed by atoms with Crippen molar-refractivity contribution in [1.29, 1.82) is 0 Å². The van der Waals surface area contributed by atoms with E-state index in [0.29, 0.717) is 35.2 Å². The Morgan fingerprint density at radius 2 is 1.66 bits per heavy atom. The fourth-order valence-electron chi connectivity index (χ4n) is 5.13. The quantitative estimate of drug-likeness (QED) is 0.442. The van der Waals surface area contributed by atoms with E-state index in [-0.39, 0.29) is 43.6 Å². The largest absolute Gasteiger partial charge is 0.444 e. The van der Waals surface area contributed by atoms with Crippen molar-refractivity contribution >= 4 is 23.5 Å². The zero-order valence-electron chi connectivity index (χ0n) is 23.1. The van der Waals surface area contributed by atoms with Gasteiger partial charge >= 0.3 is 12.3 Å². The van der Waals surface area contributed by atoms with Crippen LogP contribution in [0.25, 0.3) is 22.3 Å².